The fourth-order valence-electron chi connectivity index (χ4n) is 1.55. The van der Waals surface area contributed by atoms with Crippen molar-refractivity contribution >= 4 is 11.8 Å². The first kappa shape index (κ1) is 14.2. The summed E-state index contributed by atoms with van der Waals surface area (Å²) in [5, 5.41) is 0. The van der Waals surface area contributed by atoms with Crippen LogP contribution < -0.4 is 5.73 Å². The number of hydrogen-bond acceptors (Lipinski definition) is 2. The largest absolute Gasteiger partial charge is 0.366 e. The van der Waals surface area contributed by atoms with Crippen LogP contribution in [0.4, 0.5) is 0 Å². The molecule has 1 rings (SSSR count). The first-order valence-electron chi connectivity index (χ1n) is 6.07. The molecule has 2 amide bonds. The number of carbonyl (C=O) groups excluding carboxylic acids is 2. The smallest absolute Gasteiger partial charge is 0.253 e. The standard InChI is InChI=1S/C14H20N2O2/c1-10(2)8-9-16(3)14(18)12-6-4-11(5-7-12)13(15)17/h4-7,10H,8-9H2,1-3H3,(H2,15,17). The quantitative estimate of drug-likeness (QED) is 0.865. The highest BCUT2D eigenvalue weighted by atomic mass is 16.2. The van der Waals surface area contributed by atoms with Gasteiger partial charge in [-0.1, -0.05) is 13.8 Å². The van der Waals surface area contributed by atoms with E-state index in [0.29, 0.717) is 17.0 Å². The third-order valence-electron chi connectivity index (χ3n) is 2.80. The molecule has 0 aliphatic rings. The monoisotopic (exact) mass is 248 g/mol. The molecule has 98 valence electrons. The van der Waals surface area contributed by atoms with Gasteiger partial charge in [-0.2, -0.15) is 0 Å². The number of hydrogen-bond donors (Lipinski definition) is 1. The molecule has 1 aromatic carbocycles. The van der Waals surface area contributed by atoms with E-state index in [1.165, 1.54) is 0 Å². The van der Waals surface area contributed by atoms with Crippen LogP contribution in [0.25, 0.3) is 0 Å². The van der Waals surface area contributed by atoms with Crippen LogP contribution in [0.15, 0.2) is 24.3 Å². The van der Waals surface area contributed by atoms with E-state index >= 15 is 0 Å². The van der Waals surface area contributed by atoms with E-state index in [9.17, 15) is 9.59 Å². The minimum atomic E-state index is -0.484. The number of rotatable bonds is 5. The van der Waals surface area contributed by atoms with Crippen LogP contribution in [-0.2, 0) is 0 Å². The highest BCUT2D eigenvalue weighted by molar-refractivity contribution is 5.97. The third kappa shape index (κ3) is 3.87. The van der Waals surface area contributed by atoms with Crippen LogP contribution in [0.2, 0.25) is 0 Å². The van der Waals surface area contributed by atoms with Gasteiger partial charge in [0.1, 0.15) is 0 Å². The van der Waals surface area contributed by atoms with Crippen LogP contribution in [0.3, 0.4) is 0 Å². The lowest BCUT2D eigenvalue weighted by atomic mass is 10.1. The molecule has 0 aromatic heterocycles. The third-order valence-corrected chi connectivity index (χ3v) is 2.80. The van der Waals surface area contributed by atoms with Crippen molar-refractivity contribution in [1.29, 1.82) is 0 Å². The molecule has 4 heteroatoms. The van der Waals surface area contributed by atoms with Gasteiger partial charge in [0.2, 0.25) is 5.91 Å². The molecule has 0 fully saturated rings. The summed E-state index contributed by atoms with van der Waals surface area (Å²) in [5.74, 6) is 0.0475. The summed E-state index contributed by atoms with van der Waals surface area (Å²) in [4.78, 5) is 24.7. The maximum absolute atomic E-state index is 12.0. The second-order valence-corrected chi connectivity index (χ2v) is 4.85. The summed E-state index contributed by atoms with van der Waals surface area (Å²) >= 11 is 0. The summed E-state index contributed by atoms with van der Waals surface area (Å²) in [6.07, 6.45) is 0.974. The van der Waals surface area contributed by atoms with Gasteiger partial charge in [-0.05, 0) is 36.6 Å². The molecule has 0 unspecified atom stereocenters. The Balaban J connectivity index is 2.69. The molecular weight excluding hydrogens is 228 g/mol. The summed E-state index contributed by atoms with van der Waals surface area (Å²) in [5.41, 5.74) is 6.13. The van der Waals surface area contributed by atoms with E-state index in [-0.39, 0.29) is 5.91 Å². The fraction of sp³-hybridized carbons (Fsp3) is 0.429. The Labute approximate surface area is 108 Å². The molecule has 0 atom stereocenters. The zero-order chi connectivity index (χ0) is 13.7. The molecule has 0 spiro atoms. The van der Waals surface area contributed by atoms with Crippen molar-refractivity contribution in [3.05, 3.63) is 35.4 Å². The van der Waals surface area contributed by atoms with Crippen molar-refractivity contribution < 1.29 is 9.59 Å². The number of nitrogens with zero attached hydrogens (tertiary/aromatic N) is 1. The van der Waals surface area contributed by atoms with Gasteiger partial charge in [-0.15, -0.1) is 0 Å². The molecule has 1 aromatic rings. The van der Waals surface area contributed by atoms with E-state index < -0.39 is 5.91 Å². The fourth-order valence-corrected chi connectivity index (χ4v) is 1.55. The van der Waals surface area contributed by atoms with Gasteiger partial charge in [0.25, 0.3) is 5.91 Å². The number of primary amides is 1. The molecule has 0 bridgehead atoms. The number of nitrogens with two attached hydrogens (primary N) is 1. The number of amides is 2. The maximum Gasteiger partial charge on any atom is 0.253 e. The Morgan fingerprint density at radius 2 is 1.67 bits per heavy atom. The molecule has 2 N–H and O–H groups in total. The Bertz CT molecular complexity index is 424. The van der Waals surface area contributed by atoms with Gasteiger partial charge < -0.3 is 10.6 Å². The molecule has 0 saturated carbocycles. The zero-order valence-electron chi connectivity index (χ0n) is 11.1. The minimum Gasteiger partial charge on any atom is -0.366 e. The molecule has 0 aliphatic carbocycles. The predicted octanol–water partition coefficient (Wildman–Crippen LogP) is 1.90. The van der Waals surface area contributed by atoms with Crippen LogP contribution in [0.5, 0.6) is 0 Å². The topological polar surface area (TPSA) is 63.4 Å². The summed E-state index contributed by atoms with van der Waals surface area (Å²) in [6.45, 7) is 4.98. The second-order valence-electron chi connectivity index (χ2n) is 4.85. The normalized spacial score (nSPS) is 10.4. The van der Waals surface area contributed by atoms with Gasteiger partial charge in [-0.25, -0.2) is 0 Å². The highest BCUT2D eigenvalue weighted by Crippen LogP contribution is 2.08. The highest BCUT2D eigenvalue weighted by Gasteiger charge is 2.12. The number of carbonyl (C=O) groups is 2. The molecule has 0 heterocycles. The average molecular weight is 248 g/mol. The van der Waals surface area contributed by atoms with E-state index in [4.69, 9.17) is 5.73 Å². The lowest BCUT2D eigenvalue weighted by Crippen LogP contribution is -2.28. The van der Waals surface area contributed by atoms with Gasteiger partial charge in [0, 0.05) is 24.7 Å². The zero-order valence-corrected chi connectivity index (χ0v) is 11.1. The summed E-state index contributed by atoms with van der Waals surface area (Å²) in [6, 6.07) is 6.42. The molecule has 0 aliphatic heterocycles. The van der Waals surface area contributed by atoms with E-state index in [2.05, 4.69) is 13.8 Å². The van der Waals surface area contributed by atoms with Gasteiger partial charge in [0.05, 0.1) is 0 Å². The second kappa shape index (κ2) is 6.19. The van der Waals surface area contributed by atoms with Crippen molar-refractivity contribution in [2.75, 3.05) is 13.6 Å². The Hall–Kier alpha value is -1.84. The first-order valence-corrected chi connectivity index (χ1v) is 6.07. The molecule has 0 saturated heterocycles. The van der Waals surface area contributed by atoms with Crippen LogP contribution in [0.1, 0.15) is 41.0 Å². The Morgan fingerprint density at radius 1 is 1.17 bits per heavy atom. The van der Waals surface area contributed by atoms with E-state index in [0.717, 1.165) is 13.0 Å². The summed E-state index contributed by atoms with van der Waals surface area (Å²) in [7, 11) is 1.78. The first-order chi connectivity index (χ1) is 8.41. The van der Waals surface area contributed by atoms with Gasteiger partial charge >= 0.3 is 0 Å². The minimum absolute atomic E-state index is 0.0355. The van der Waals surface area contributed by atoms with Crippen molar-refractivity contribution in [2.24, 2.45) is 11.7 Å². The van der Waals surface area contributed by atoms with Crippen LogP contribution >= 0.6 is 0 Å². The van der Waals surface area contributed by atoms with Crippen LogP contribution in [-0.4, -0.2) is 30.3 Å². The molecule has 0 radical (unpaired) electrons. The Kier molecular flexibility index (Phi) is 4.89. The van der Waals surface area contributed by atoms with Gasteiger partial charge in [0.15, 0.2) is 0 Å². The lowest BCUT2D eigenvalue weighted by Gasteiger charge is -2.18. The van der Waals surface area contributed by atoms with Crippen LogP contribution in [0, 0.1) is 5.92 Å². The van der Waals surface area contributed by atoms with Crippen molar-refractivity contribution in [3.63, 3.8) is 0 Å². The SMILES string of the molecule is CC(C)CCN(C)C(=O)c1ccc(C(N)=O)cc1. The molecular formula is C14H20N2O2. The lowest BCUT2D eigenvalue weighted by molar-refractivity contribution is 0.0788. The molecule has 4 nitrogen and oxygen atoms in total. The van der Waals surface area contributed by atoms with Crippen molar-refractivity contribution in [1.82, 2.24) is 4.90 Å². The van der Waals surface area contributed by atoms with E-state index in [1.54, 1.807) is 36.2 Å². The summed E-state index contributed by atoms with van der Waals surface area (Å²) < 4.78 is 0. The van der Waals surface area contributed by atoms with Gasteiger partial charge in [-0.3, -0.25) is 9.59 Å². The molecule has 18 heavy (non-hydrogen) atoms. The predicted molar refractivity (Wildman–Crippen MR) is 71.4 cm³/mol. The van der Waals surface area contributed by atoms with Crippen molar-refractivity contribution in [3.8, 4) is 0 Å². The Morgan fingerprint density at radius 3 is 2.11 bits per heavy atom. The average Bonchev–Trinajstić information content (AvgIpc) is 2.35. The maximum atomic E-state index is 12.0. The van der Waals surface area contributed by atoms with E-state index in [1.807, 2.05) is 0 Å². The van der Waals surface area contributed by atoms with Crippen molar-refractivity contribution in [2.45, 2.75) is 20.3 Å². The number of benzene rings is 1.